The van der Waals surface area contributed by atoms with E-state index in [1.54, 1.807) is 25.1 Å². The molecule has 0 bridgehead atoms. The first-order valence-corrected chi connectivity index (χ1v) is 5.89. The molecule has 0 fully saturated rings. The number of hydrogen-bond donors (Lipinski definition) is 1. The highest BCUT2D eigenvalue weighted by molar-refractivity contribution is 5.81. The van der Waals surface area contributed by atoms with Gasteiger partial charge >= 0.3 is 0 Å². The van der Waals surface area contributed by atoms with Gasteiger partial charge in [0.2, 0.25) is 5.91 Å². The van der Waals surface area contributed by atoms with E-state index in [1.165, 1.54) is 0 Å². The second-order valence-electron chi connectivity index (χ2n) is 4.30. The molecule has 0 heterocycles. The third kappa shape index (κ3) is 3.55. The van der Waals surface area contributed by atoms with Crippen LogP contribution >= 0.6 is 0 Å². The van der Waals surface area contributed by atoms with Gasteiger partial charge in [0.15, 0.2) is 0 Å². The lowest BCUT2D eigenvalue weighted by molar-refractivity contribution is -0.127. The molecule has 5 heteroatoms. The van der Waals surface area contributed by atoms with Crippen molar-refractivity contribution >= 4 is 17.3 Å². The zero-order valence-corrected chi connectivity index (χ0v) is 11.4. The molecule has 5 nitrogen and oxygen atoms in total. The van der Waals surface area contributed by atoms with Gasteiger partial charge in [-0.05, 0) is 19.1 Å². The quantitative estimate of drug-likeness (QED) is 0.799. The summed E-state index contributed by atoms with van der Waals surface area (Å²) in [6, 6.07) is 5.51. The number of rotatable bonds is 5. The molecule has 1 rings (SSSR count). The van der Waals surface area contributed by atoms with Gasteiger partial charge < -0.3 is 20.3 Å². The van der Waals surface area contributed by atoms with Crippen LogP contribution in [0.1, 0.15) is 6.92 Å². The van der Waals surface area contributed by atoms with Crippen LogP contribution in [0.15, 0.2) is 18.2 Å². The maximum atomic E-state index is 11.6. The molecule has 100 valence electrons. The molecule has 0 aliphatic heterocycles. The molecule has 18 heavy (non-hydrogen) atoms. The van der Waals surface area contributed by atoms with E-state index in [0.29, 0.717) is 24.6 Å². The van der Waals surface area contributed by atoms with Crippen LogP contribution in [0.4, 0.5) is 11.4 Å². The number of carbonyl (C=O) groups excluding carboxylic acids is 1. The van der Waals surface area contributed by atoms with E-state index in [2.05, 4.69) is 0 Å². The number of amides is 1. The van der Waals surface area contributed by atoms with Crippen molar-refractivity contribution in [1.82, 2.24) is 4.90 Å². The van der Waals surface area contributed by atoms with Crippen molar-refractivity contribution < 1.29 is 9.53 Å². The van der Waals surface area contributed by atoms with Crippen LogP contribution in [0.2, 0.25) is 0 Å². The first-order valence-electron chi connectivity index (χ1n) is 5.89. The van der Waals surface area contributed by atoms with E-state index >= 15 is 0 Å². The Morgan fingerprint density at radius 1 is 1.33 bits per heavy atom. The van der Waals surface area contributed by atoms with E-state index in [9.17, 15) is 4.79 Å². The molecule has 0 atom stereocenters. The van der Waals surface area contributed by atoms with Gasteiger partial charge in [0.25, 0.3) is 0 Å². The van der Waals surface area contributed by atoms with E-state index in [0.717, 1.165) is 5.69 Å². The van der Waals surface area contributed by atoms with Crippen molar-refractivity contribution in [1.29, 1.82) is 0 Å². The van der Waals surface area contributed by atoms with Crippen molar-refractivity contribution in [2.75, 3.05) is 44.9 Å². The van der Waals surface area contributed by atoms with Gasteiger partial charge in [-0.25, -0.2) is 0 Å². The number of nitrogens with two attached hydrogens (primary N) is 1. The van der Waals surface area contributed by atoms with E-state index < -0.39 is 0 Å². The Balaban J connectivity index is 2.82. The predicted octanol–water partition coefficient (Wildman–Crippen LogP) is 1.19. The molecule has 0 saturated carbocycles. The lowest BCUT2D eigenvalue weighted by Crippen LogP contribution is -2.34. The summed E-state index contributed by atoms with van der Waals surface area (Å²) in [5.74, 6) is 0.700. The van der Waals surface area contributed by atoms with E-state index in [4.69, 9.17) is 10.5 Å². The van der Waals surface area contributed by atoms with Gasteiger partial charge in [0.1, 0.15) is 5.75 Å². The number of hydrogen-bond acceptors (Lipinski definition) is 4. The van der Waals surface area contributed by atoms with Crippen LogP contribution in [-0.2, 0) is 4.79 Å². The maximum Gasteiger partial charge on any atom is 0.241 e. The fourth-order valence-corrected chi connectivity index (χ4v) is 1.48. The molecule has 0 aliphatic rings. The van der Waals surface area contributed by atoms with Gasteiger partial charge in [-0.15, -0.1) is 0 Å². The standard InChI is InChI=1S/C13H21N3O2/c1-5-18-12-8-10(6-7-11(12)14)16(4)9-13(17)15(2)3/h6-8H,5,9,14H2,1-4H3. The monoisotopic (exact) mass is 251 g/mol. The highest BCUT2D eigenvalue weighted by atomic mass is 16.5. The summed E-state index contributed by atoms with van der Waals surface area (Å²) in [5, 5.41) is 0. The zero-order valence-electron chi connectivity index (χ0n) is 11.4. The Morgan fingerprint density at radius 3 is 2.56 bits per heavy atom. The number of ether oxygens (including phenoxy) is 1. The highest BCUT2D eigenvalue weighted by Crippen LogP contribution is 2.27. The van der Waals surface area contributed by atoms with Crippen molar-refractivity contribution in [2.45, 2.75) is 6.92 Å². The Labute approximate surface area is 108 Å². The lowest BCUT2D eigenvalue weighted by atomic mass is 10.2. The van der Waals surface area contributed by atoms with Crippen molar-refractivity contribution in [3.63, 3.8) is 0 Å². The Morgan fingerprint density at radius 2 is 2.00 bits per heavy atom. The summed E-state index contributed by atoms with van der Waals surface area (Å²) in [4.78, 5) is 15.1. The van der Waals surface area contributed by atoms with E-state index in [-0.39, 0.29) is 5.91 Å². The third-order valence-electron chi connectivity index (χ3n) is 2.61. The summed E-state index contributed by atoms with van der Waals surface area (Å²) in [6.07, 6.45) is 0. The smallest absolute Gasteiger partial charge is 0.241 e. The largest absolute Gasteiger partial charge is 0.492 e. The SMILES string of the molecule is CCOc1cc(N(C)CC(=O)N(C)C)ccc1N. The number of carbonyl (C=O) groups is 1. The first kappa shape index (κ1) is 14.2. The van der Waals surface area contributed by atoms with Gasteiger partial charge in [-0.2, -0.15) is 0 Å². The summed E-state index contributed by atoms with van der Waals surface area (Å²) < 4.78 is 5.43. The molecule has 1 amide bonds. The van der Waals surface area contributed by atoms with Gasteiger partial charge in [0, 0.05) is 32.9 Å². The fraction of sp³-hybridized carbons (Fsp3) is 0.462. The van der Waals surface area contributed by atoms with E-state index in [1.807, 2.05) is 31.0 Å². The molecule has 0 aromatic heterocycles. The number of anilines is 2. The van der Waals surface area contributed by atoms with Crippen LogP contribution in [0.5, 0.6) is 5.75 Å². The molecule has 0 aliphatic carbocycles. The Hall–Kier alpha value is -1.91. The Bertz CT molecular complexity index is 419. The number of likely N-dealkylation sites (N-methyl/N-ethyl adjacent to an activating group) is 2. The topological polar surface area (TPSA) is 58.8 Å². The number of nitrogens with zero attached hydrogens (tertiary/aromatic N) is 2. The van der Waals surface area contributed by atoms with Crippen molar-refractivity contribution in [3.05, 3.63) is 18.2 Å². The zero-order chi connectivity index (χ0) is 13.7. The highest BCUT2D eigenvalue weighted by Gasteiger charge is 2.11. The summed E-state index contributed by atoms with van der Waals surface area (Å²) in [6.45, 7) is 2.79. The minimum absolute atomic E-state index is 0.0484. The summed E-state index contributed by atoms with van der Waals surface area (Å²) in [7, 11) is 5.35. The van der Waals surface area contributed by atoms with Crippen LogP contribution < -0.4 is 15.4 Å². The van der Waals surface area contributed by atoms with Crippen LogP contribution in [0.3, 0.4) is 0 Å². The van der Waals surface area contributed by atoms with Gasteiger partial charge in [0.05, 0.1) is 18.8 Å². The van der Waals surface area contributed by atoms with Crippen molar-refractivity contribution in [3.8, 4) is 5.75 Å². The Kier molecular flexibility index (Phi) is 4.83. The second kappa shape index (κ2) is 6.14. The predicted molar refractivity (Wildman–Crippen MR) is 74.0 cm³/mol. The van der Waals surface area contributed by atoms with Crippen LogP contribution in [-0.4, -0.2) is 45.1 Å². The molecule has 0 spiro atoms. The molecular weight excluding hydrogens is 230 g/mol. The van der Waals surface area contributed by atoms with Crippen LogP contribution in [0.25, 0.3) is 0 Å². The number of nitrogen functional groups attached to an aromatic ring is 1. The normalized spacial score (nSPS) is 10.0. The molecule has 0 radical (unpaired) electrons. The molecule has 1 aromatic rings. The molecular formula is C13H21N3O2. The average molecular weight is 251 g/mol. The van der Waals surface area contributed by atoms with Gasteiger partial charge in [-0.3, -0.25) is 4.79 Å². The lowest BCUT2D eigenvalue weighted by Gasteiger charge is -2.22. The molecule has 1 aromatic carbocycles. The number of benzene rings is 1. The minimum Gasteiger partial charge on any atom is -0.492 e. The first-order chi connectivity index (χ1) is 8.45. The van der Waals surface area contributed by atoms with Crippen LogP contribution in [0, 0.1) is 0 Å². The fourth-order valence-electron chi connectivity index (χ4n) is 1.48. The van der Waals surface area contributed by atoms with Crippen molar-refractivity contribution in [2.24, 2.45) is 0 Å². The molecule has 2 N–H and O–H groups in total. The molecule has 0 unspecified atom stereocenters. The molecule has 0 saturated heterocycles. The minimum atomic E-state index is 0.0484. The second-order valence-corrected chi connectivity index (χ2v) is 4.30. The maximum absolute atomic E-state index is 11.6. The summed E-state index contributed by atoms with van der Waals surface area (Å²) in [5.41, 5.74) is 7.32. The van der Waals surface area contributed by atoms with Gasteiger partial charge in [-0.1, -0.05) is 0 Å². The third-order valence-corrected chi connectivity index (χ3v) is 2.61. The average Bonchev–Trinajstić information content (AvgIpc) is 2.31. The summed E-state index contributed by atoms with van der Waals surface area (Å²) >= 11 is 0.